The van der Waals surface area contributed by atoms with Gasteiger partial charge < -0.3 is 14.9 Å². The number of aliphatic hydroxyl groups is 1. The van der Waals surface area contributed by atoms with Crippen molar-refractivity contribution in [3.63, 3.8) is 0 Å². The number of carbonyl (C=O) groups is 1. The van der Waals surface area contributed by atoms with Crippen molar-refractivity contribution in [1.82, 2.24) is 4.72 Å². The van der Waals surface area contributed by atoms with E-state index in [1.807, 2.05) is 0 Å². The SMILES string of the molecule is COc1ccc(S(=O)(=O)N[C@H]2C[C@@H](O)C2)cc1C(=O)O. The van der Waals surface area contributed by atoms with Gasteiger partial charge in [0.1, 0.15) is 11.3 Å². The molecule has 1 fully saturated rings. The number of aromatic carboxylic acids is 1. The molecule has 0 saturated heterocycles. The average molecular weight is 301 g/mol. The molecule has 0 spiro atoms. The molecule has 1 aromatic carbocycles. The highest BCUT2D eigenvalue weighted by atomic mass is 32.2. The Kier molecular flexibility index (Phi) is 3.98. The molecule has 3 N–H and O–H groups in total. The van der Waals surface area contributed by atoms with E-state index in [1.165, 1.54) is 19.2 Å². The van der Waals surface area contributed by atoms with E-state index in [2.05, 4.69) is 4.72 Å². The van der Waals surface area contributed by atoms with Gasteiger partial charge in [0, 0.05) is 6.04 Å². The first-order valence-electron chi connectivity index (χ1n) is 5.95. The van der Waals surface area contributed by atoms with Gasteiger partial charge in [-0.05, 0) is 31.0 Å². The zero-order valence-corrected chi connectivity index (χ0v) is 11.6. The van der Waals surface area contributed by atoms with E-state index in [1.54, 1.807) is 0 Å². The predicted octanol–water partition coefficient (Wildman–Crippen LogP) is 0.195. The van der Waals surface area contributed by atoms with Gasteiger partial charge in [-0.3, -0.25) is 0 Å². The van der Waals surface area contributed by atoms with Crippen molar-refractivity contribution in [3.8, 4) is 5.75 Å². The van der Waals surface area contributed by atoms with Crippen LogP contribution in [0.1, 0.15) is 23.2 Å². The topological polar surface area (TPSA) is 113 Å². The second-order valence-corrected chi connectivity index (χ2v) is 6.32. The summed E-state index contributed by atoms with van der Waals surface area (Å²) in [4.78, 5) is 10.9. The first-order valence-corrected chi connectivity index (χ1v) is 7.43. The molecule has 8 heteroatoms. The standard InChI is InChI=1S/C12H15NO6S/c1-19-11-3-2-9(6-10(11)12(15)16)20(17,18)13-7-4-8(14)5-7/h2-3,6-8,13-14H,4-5H2,1H3,(H,15,16)/t7-,8+. The predicted molar refractivity (Wildman–Crippen MR) is 69.3 cm³/mol. The Morgan fingerprint density at radius 1 is 1.40 bits per heavy atom. The number of hydrogen-bond donors (Lipinski definition) is 3. The molecule has 0 radical (unpaired) electrons. The van der Waals surface area contributed by atoms with E-state index in [9.17, 15) is 13.2 Å². The van der Waals surface area contributed by atoms with E-state index in [0.717, 1.165) is 6.07 Å². The molecule has 0 atom stereocenters. The van der Waals surface area contributed by atoms with Crippen LogP contribution in [-0.2, 0) is 10.0 Å². The van der Waals surface area contributed by atoms with Crippen molar-refractivity contribution in [1.29, 1.82) is 0 Å². The van der Waals surface area contributed by atoms with Crippen molar-refractivity contribution in [2.45, 2.75) is 29.9 Å². The lowest BCUT2D eigenvalue weighted by Crippen LogP contribution is -2.46. The smallest absolute Gasteiger partial charge is 0.339 e. The molecule has 7 nitrogen and oxygen atoms in total. The molecule has 110 valence electrons. The van der Waals surface area contributed by atoms with Crippen molar-refractivity contribution < 1.29 is 28.2 Å². The largest absolute Gasteiger partial charge is 0.496 e. The van der Waals surface area contributed by atoms with E-state index in [-0.39, 0.29) is 22.3 Å². The number of rotatable bonds is 5. The molecule has 1 saturated carbocycles. The van der Waals surface area contributed by atoms with E-state index >= 15 is 0 Å². The lowest BCUT2D eigenvalue weighted by molar-refractivity contribution is 0.0691. The third kappa shape index (κ3) is 2.92. The van der Waals surface area contributed by atoms with Crippen LogP contribution >= 0.6 is 0 Å². The summed E-state index contributed by atoms with van der Waals surface area (Å²) in [7, 11) is -2.50. The highest BCUT2D eigenvalue weighted by molar-refractivity contribution is 7.89. The monoisotopic (exact) mass is 301 g/mol. The third-order valence-corrected chi connectivity index (χ3v) is 4.66. The van der Waals surface area contributed by atoms with Crippen molar-refractivity contribution in [2.75, 3.05) is 7.11 Å². The van der Waals surface area contributed by atoms with Crippen LogP contribution in [0, 0.1) is 0 Å². The second kappa shape index (κ2) is 5.39. The molecule has 0 aliphatic heterocycles. The van der Waals surface area contributed by atoms with Gasteiger partial charge in [0.25, 0.3) is 0 Å². The summed E-state index contributed by atoms with van der Waals surface area (Å²) in [5.74, 6) is -1.17. The maximum absolute atomic E-state index is 12.1. The fraction of sp³-hybridized carbons (Fsp3) is 0.417. The molecule has 1 aliphatic rings. The van der Waals surface area contributed by atoms with Gasteiger partial charge in [0.2, 0.25) is 10.0 Å². The van der Waals surface area contributed by atoms with Crippen LogP contribution in [0.3, 0.4) is 0 Å². The quantitative estimate of drug-likeness (QED) is 0.716. The Balaban J connectivity index is 2.27. The van der Waals surface area contributed by atoms with Gasteiger partial charge in [-0.25, -0.2) is 17.9 Å². The minimum Gasteiger partial charge on any atom is -0.496 e. The van der Waals surface area contributed by atoms with Gasteiger partial charge in [-0.15, -0.1) is 0 Å². The maximum Gasteiger partial charge on any atom is 0.339 e. The number of methoxy groups -OCH3 is 1. The van der Waals surface area contributed by atoms with Gasteiger partial charge in [-0.1, -0.05) is 0 Å². The van der Waals surface area contributed by atoms with Gasteiger partial charge >= 0.3 is 5.97 Å². The number of benzene rings is 1. The first-order chi connectivity index (χ1) is 9.33. The Morgan fingerprint density at radius 2 is 2.05 bits per heavy atom. The molecule has 0 unspecified atom stereocenters. The fourth-order valence-electron chi connectivity index (χ4n) is 1.99. The Morgan fingerprint density at radius 3 is 2.55 bits per heavy atom. The minimum absolute atomic E-state index is 0.0931. The van der Waals surface area contributed by atoms with E-state index < -0.39 is 22.1 Å². The van der Waals surface area contributed by atoms with Crippen LogP contribution in [0.25, 0.3) is 0 Å². The fourth-order valence-corrected chi connectivity index (χ4v) is 3.28. The van der Waals surface area contributed by atoms with Gasteiger partial charge in [-0.2, -0.15) is 0 Å². The number of carboxylic acids is 1. The summed E-state index contributed by atoms with van der Waals surface area (Å²) in [6.45, 7) is 0. The summed E-state index contributed by atoms with van der Waals surface area (Å²) in [5, 5.41) is 18.2. The van der Waals surface area contributed by atoms with Crippen molar-refractivity contribution in [2.24, 2.45) is 0 Å². The van der Waals surface area contributed by atoms with Crippen LogP contribution in [0.5, 0.6) is 5.75 Å². The molecule has 0 aromatic heterocycles. The van der Waals surface area contributed by atoms with E-state index in [0.29, 0.717) is 12.8 Å². The number of sulfonamides is 1. The second-order valence-electron chi connectivity index (χ2n) is 4.61. The van der Waals surface area contributed by atoms with Crippen molar-refractivity contribution in [3.05, 3.63) is 23.8 Å². The first kappa shape index (κ1) is 14.8. The Bertz CT molecular complexity index is 621. The number of nitrogens with one attached hydrogen (secondary N) is 1. The number of carboxylic acid groups (broad SMARTS) is 1. The Labute approximate surface area is 116 Å². The zero-order valence-electron chi connectivity index (χ0n) is 10.7. The minimum atomic E-state index is -3.80. The highest BCUT2D eigenvalue weighted by Crippen LogP contribution is 2.25. The summed E-state index contributed by atoms with van der Waals surface area (Å²) < 4.78 is 31.5. The summed E-state index contributed by atoms with van der Waals surface area (Å²) >= 11 is 0. The molecule has 1 aliphatic carbocycles. The van der Waals surface area contributed by atoms with Crippen molar-refractivity contribution >= 4 is 16.0 Å². The van der Waals surface area contributed by atoms with Crippen LogP contribution < -0.4 is 9.46 Å². The molecule has 0 heterocycles. The molecular formula is C12H15NO6S. The van der Waals surface area contributed by atoms with Crippen LogP contribution in [-0.4, -0.2) is 43.9 Å². The van der Waals surface area contributed by atoms with Crippen LogP contribution in [0.4, 0.5) is 0 Å². The van der Waals surface area contributed by atoms with Crippen LogP contribution in [0.2, 0.25) is 0 Å². The number of aliphatic hydroxyl groups excluding tert-OH is 1. The lowest BCUT2D eigenvalue weighted by Gasteiger charge is -2.31. The van der Waals surface area contributed by atoms with Gasteiger partial charge in [0.15, 0.2) is 0 Å². The molecule has 1 aromatic rings. The third-order valence-electron chi connectivity index (χ3n) is 3.15. The molecule has 2 rings (SSSR count). The number of hydrogen-bond acceptors (Lipinski definition) is 5. The maximum atomic E-state index is 12.1. The summed E-state index contributed by atoms with van der Waals surface area (Å²) in [6.07, 6.45) is 0.246. The lowest BCUT2D eigenvalue weighted by atomic mass is 9.91. The van der Waals surface area contributed by atoms with E-state index in [4.69, 9.17) is 14.9 Å². The highest BCUT2D eigenvalue weighted by Gasteiger charge is 2.31. The normalized spacial score (nSPS) is 22.1. The zero-order chi connectivity index (χ0) is 14.9. The van der Waals surface area contributed by atoms with Crippen LogP contribution in [0.15, 0.2) is 23.1 Å². The average Bonchev–Trinajstić information content (AvgIpc) is 2.35. The Hall–Kier alpha value is -1.64. The number of ether oxygens (including phenoxy) is 1. The molecule has 0 bridgehead atoms. The molecule has 0 amide bonds. The molecular weight excluding hydrogens is 286 g/mol. The molecule has 20 heavy (non-hydrogen) atoms. The summed E-state index contributed by atoms with van der Waals surface area (Å²) in [6, 6.07) is 3.32. The van der Waals surface area contributed by atoms with Gasteiger partial charge in [0.05, 0.1) is 18.1 Å². The summed E-state index contributed by atoms with van der Waals surface area (Å²) in [5.41, 5.74) is -0.219.